The molecule has 0 heteroatoms. The lowest BCUT2D eigenvalue weighted by Crippen LogP contribution is -2.15. The van der Waals surface area contributed by atoms with Crippen molar-refractivity contribution in [1.82, 2.24) is 0 Å². The van der Waals surface area contributed by atoms with Gasteiger partial charge in [0.25, 0.3) is 0 Å². The van der Waals surface area contributed by atoms with Gasteiger partial charge in [0.2, 0.25) is 0 Å². The molecule has 0 unspecified atom stereocenters. The van der Waals surface area contributed by atoms with Crippen molar-refractivity contribution in [3.63, 3.8) is 0 Å². The van der Waals surface area contributed by atoms with Crippen molar-refractivity contribution >= 4 is 5.57 Å². The predicted molar refractivity (Wildman–Crippen MR) is 76.2 cm³/mol. The van der Waals surface area contributed by atoms with Crippen molar-refractivity contribution in [3.05, 3.63) is 52.6 Å². The molecule has 1 aliphatic rings. The monoisotopic (exact) mass is 226 g/mol. The van der Waals surface area contributed by atoms with E-state index in [2.05, 4.69) is 65.0 Å². The number of benzene rings is 1. The third-order valence-electron chi connectivity index (χ3n) is 3.80. The Hall–Kier alpha value is -1.30. The SMILES string of the molecule is C/C=C1\C(=C/CC)c2ccc(C)cc2C1(C)C. The average molecular weight is 226 g/mol. The minimum atomic E-state index is 0.150. The Morgan fingerprint density at radius 1 is 1.24 bits per heavy atom. The Bertz CT molecular complexity index is 499. The van der Waals surface area contributed by atoms with E-state index in [0.29, 0.717) is 0 Å². The molecule has 0 bridgehead atoms. The molecule has 1 aromatic carbocycles. The molecule has 17 heavy (non-hydrogen) atoms. The molecule has 90 valence electrons. The Labute approximate surface area is 105 Å². The Kier molecular flexibility index (Phi) is 2.99. The number of hydrogen-bond donors (Lipinski definition) is 0. The van der Waals surface area contributed by atoms with E-state index >= 15 is 0 Å². The van der Waals surface area contributed by atoms with Crippen LogP contribution in [-0.4, -0.2) is 0 Å². The lowest BCUT2D eigenvalue weighted by molar-refractivity contribution is 0.659. The molecule has 0 radical (unpaired) electrons. The fraction of sp³-hybridized carbons (Fsp3) is 0.412. The van der Waals surface area contributed by atoms with Crippen LogP contribution >= 0.6 is 0 Å². The average Bonchev–Trinajstić information content (AvgIpc) is 2.48. The Morgan fingerprint density at radius 2 is 1.94 bits per heavy atom. The smallest absolute Gasteiger partial charge is 0.0155 e. The van der Waals surface area contributed by atoms with E-state index in [9.17, 15) is 0 Å². The topological polar surface area (TPSA) is 0 Å². The molecule has 0 heterocycles. The highest BCUT2D eigenvalue weighted by molar-refractivity contribution is 5.89. The van der Waals surface area contributed by atoms with Gasteiger partial charge in [0.15, 0.2) is 0 Å². The van der Waals surface area contributed by atoms with Gasteiger partial charge >= 0.3 is 0 Å². The van der Waals surface area contributed by atoms with Crippen molar-refractivity contribution < 1.29 is 0 Å². The molecule has 1 aliphatic carbocycles. The first kappa shape index (κ1) is 12.2. The Balaban J connectivity index is 2.73. The summed E-state index contributed by atoms with van der Waals surface area (Å²) in [5, 5.41) is 0. The second-order valence-electron chi connectivity index (χ2n) is 5.40. The molecule has 0 aromatic heterocycles. The van der Waals surface area contributed by atoms with Crippen molar-refractivity contribution in [1.29, 1.82) is 0 Å². The van der Waals surface area contributed by atoms with E-state index in [1.807, 2.05) is 0 Å². The van der Waals surface area contributed by atoms with E-state index in [-0.39, 0.29) is 5.41 Å². The molecule has 0 fully saturated rings. The fourth-order valence-corrected chi connectivity index (χ4v) is 2.98. The van der Waals surface area contributed by atoms with Gasteiger partial charge < -0.3 is 0 Å². The molecule has 0 amide bonds. The normalized spacial score (nSPS) is 22.2. The summed E-state index contributed by atoms with van der Waals surface area (Å²) in [4.78, 5) is 0. The van der Waals surface area contributed by atoms with Crippen LogP contribution in [0.5, 0.6) is 0 Å². The van der Waals surface area contributed by atoms with Crippen LogP contribution in [0.1, 0.15) is 50.8 Å². The molecule has 0 atom stereocenters. The largest absolute Gasteiger partial charge is 0.0829 e. The Morgan fingerprint density at radius 3 is 2.53 bits per heavy atom. The van der Waals surface area contributed by atoms with Crippen LogP contribution in [0.15, 0.2) is 35.9 Å². The summed E-state index contributed by atoms with van der Waals surface area (Å²) in [6.45, 7) is 11.2. The maximum absolute atomic E-state index is 2.36. The first-order valence-electron chi connectivity index (χ1n) is 6.51. The molecular weight excluding hydrogens is 204 g/mol. The summed E-state index contributed by atoms with van der Waals surface area (Å²) in [6.07, 6.45) is 5.73. The number of fused-ring (bicyclic) bond motifs is 1. The zero-order valence-corrected chi connectivity index (χ0v) is 11.6. The molecule has 0 saturated heterocycles. The zero-order chi connectivity index (χ0) is 12.6. The first-order valence-corrected chi connectivity index (χ1v) is 6.51. The van der Waals surface area contributed by atoms with Crippen LogP contribution < -0.4 is 0 Å². The summed E-state index contributed by atoms with van der Waals surface area (Å²) >= 11 is 0. The minimum absolute atomic E-state index is 0.150. The van der Waals surface area contributed by atoms with Gasteiger partial charge in [-0.3, -0.25) is 0 Å². The first-order chi connectivity index (χ1) is 8.02. The van der Waals surface area contributed by atoms with Crippen molar-refractivity contribution in [3.8, 4) is 0 Å². The molecule has 2 rings (SSSR count). The van der Waals surface area contributed by atoms with Gasteiger partial charge in [-0.2, -0.15) is 0 Å². The molecule has 0 nitrogen and oxygen atoms in total. The van der Waals surface area contributed by atoms with Gasteiger partial charge in [-0.25, -0.2) is 0 Å². The maximum atomic E-state index is 2.36. The van der Waals surface area contributed by atoms with Gasteiger partial charge in [-0.05, 0) is 42.5 Å². The maximum Gasteiger partial charge on any atom is 0.0155 e. The van der Waals surface area contributed by atoms with Crippen molar-refractivity contribution in [2.75, 3.05) is 0 Å². The lowest BCUT2D eigenvalue weighted by atomic mass is 9.81. The number of aryl methyl sites for hydroxylation is 1. The van der Waals surface area contributed by atoms with Gasteiger partial charge in [-0.1, -0.05) is 56.7 Å². The summed E-state index contributed by atoms with van der Waals surface area (Å²) in [6, 6.07) is 6.84. The number of rotatable bonds is 1. The van der Waals surface area contributed by atoms with Crippen molar-refractivity contribution in [2.45, 2.75) is 46.5 Å². The van der Waals surface area contributed by atoms with E-state index in [0.717, 1.165) is 6.42 Å². The van der Waals surface area contributed by atoms with Gasteiger partial charge in [0.05, 0.1) is 0 Å². The minimum Gasteiger partial charge on any atom is -0.0829 e. The lowest BCUT2D eigenvalue weighted by Gasteiger charge is -2.22. The van der Waals surface area contributed by atoms with Gasteiger partial charge in [0.1, 0.15) is 0 Å². The predicted octanol–water partition coefficient (Wildman–Crippen LogP) is 5.03. The molecule has 0 N–H and O–H groups in total. The second-order valence-corrected chi connectivity index (χ2v) is 5.40. The quantitative estimate of drug-likeness (QED) is 0.630. The molecular formula is C17H22. The third-order valence-corrected chi connectivity index (χ3v) is 3.80. The number of hydrogen-bond acceptors (Lipinski definition) is 0. The van der Waals surface area contributed by atoms with Crippen LogP contribution in [0.25, 0.3) is 5.57 Å². The zero-order valence-electron chi connectivity index (χ0n) is 11.6. The standard InChI is InChI=1S/C17H22/c1-6-8-13-14-10-9-12(3)11-16(14)17(4,5)15(13)7-2/h7-11H,6H2,1-5H3/b13-8-,15-7+. The molecule has 0 spiro atoms. The van der Waals surface area contributed by atoms with Gasteiger partial charge in [-0.15, -0.1) is 0 Å². The van der Waals surface area contributed by atoms with Crippen LogP contribution in [0, 0.1) is 6.92 Å². The summed E-state index contributed by atoms with van der Waals surface area (Å²) in [5.74, 6) is 0. The van der Waals surface area contributed by atoms with Crippen LogP contribution in [0.2, 0.25) is 0 Å². The molecule has 0 saturated carbocycles. The summed E-state index contributed by atoms with van der Waals surface area (Å²) < 4.78 is 0. The highest BCUT2D eigenvalue weighted by Gasteiger charge is 2.37. The molecule has 1 aromatic rings. The summed E-state index contributed by atoms with van der Waals surface area (Å²) in [5.41, 5.74) is 7.32. The van der Waals surface area contributed by atoms with Gasteiger partial charge in [0, 0.05) is 5.41 Å². The molecule has 0 aliphatic heterocycles. The van der Waals surface area contributed by atoms with Crippen LogP contribution in [0.3, 0.4) is 0 Å². The fourth-order valence-electron chi connectivity index (χ4n) is 2.98. The van der Waals surface area contributed by atoms with Crippen LogP contribution in [-0.2, 0) is 5.41 Å². The van der Waals surface area contributed by atoms with Crippen molar-refractivity contribution in [2.24, 2.45) is 0 Å². The van der Waals surface area contributed by atoms with E-state index in [4.69, 9.17) is 0 Å². The van der Waals surface area contributed by atoms with E-state index in [1.165, 1.54) is 27.8 Å². The third kappa shape index (κ3) is 1.76. The van der Waals surface area contributed by atoms with Crippen LogP contribution in [0.4, 0.5) is 0 Å². The highest BCUT2D eigenvalue weighted by Crippen LogP contribution is 2.49. The van der Waals surface area contributed by atoms with E-state index in [1.54, 1.807) is 0 Å². The second kappa shape index (κ2) is 4.18. The highest BCUT2D eigenvalue weighted by atomic mass is 14.4. The summed E-state index contributed by atoms with van der Waals surface area (Å²) in [7, 11) is 0. The van der Waals surface area contributed by atoms with E-state index < -0.39 is 0 Å². The number of allylic oxidation sites excluding steroid dienone is 4.